The molecule has 0 spiro atoms. The molecule has 3 aromatic heterocycles. The number of nitrogens with zero attached hydrogens (tertiary/aromatic N) is 4. The van der Waals surface area contributed by atoms with Crippen LogP contribution in [-0.2, 0) is 30.6 Å². The van der Waals surface area contributed by atoms with E-state index in [1.807, 2.05) is 6.07 Å². The van der Waals surface area contributed by atoms with Crippen LogP contribution in [0.3, 0.4) is 0 Å². The van der Waals surface area contributed by atoms with Crippen molar-refractivity contribution in [1.29, 1.82) is 0 Å². The van der Waals surface area contributed by atoms with Crippen molar-refractivity contribution in [3.63, 3.8) is 0 Å². The van der Waals surface area contributed by atoms with Gasteiger partial charge in [-0.05, 0) is 26.0 Å². The molecular formula is C24H23N6O9S+. The number of carboxylic acids is 2. The number of furan rings is 1. The summed E-state index contributed by atoms with van der Waals surface area (Å²) in [6.45, 7) is 2.62. The molecule has 3 aromatic rings. The van der Waals surface area contributed by atoms with Gasteiger partial charge in [-0.15, -0.1) is 11.8 Å². The average molecular weight is 572 g/mol. The van der Waals surface area contributed by atoms with Crippen LogP contribution in [0.5, 0.6) is 0 Å². The van der Waals surface area contributed by atoms with Gasteiger partial charge in [-0.3, -0.25) is 14.5 Å². The number of aromatic nitrogens is 2. The van der Waals surface area contributed by atoms with Crippen molar-refractivity contribution in [3.05, 3.63) is 53.9 Å². The first-order valence-electron chi connectivity index (χ1n) is 11.8. The SMILES string of the molecule is CC(C)(ON=C(C(=O)NC1C(=O)N2C(C(=O)O)=C(C[n+]3cccc4ccoc43)CS[C@@H]12)c1coc(N)n1)C(=O)O. The predicted octanol–water partition coefficient (Wildman–Crippen LogP) is 0.313. The standard InChI is InChI=1S/C24H22N6O9S/c1-24(2,22(35)36)39-28-14(13-9-38-23(25)26-13)17(31)27-15-18(32)30-16(21(33)34)12(10-40-20(15)30)8-29-6-3-4-11-5-7-37-19(11)29/h3-7,9,15,20H,8,10H2,1-2H3,(H4-,25,26,27,31,33,34,35,36)/p+1/t15?,20-/m0/s1. The Labute approximate surface area is 229 Å². The lowest BCUT2D eigenvalue weighted by Gasteiger charge is -2.49. The van der Waals surface area contributed by atoms with Gasteiger partial charge in [-0.2, -0.15) is 9.55 Å². The molecule has 2 amide bonds. The van der Waals surface area contributed by atoms with Crippen LogP contribution < -0.4 is 15.6 Å². The number of carbonyl (C=O) groups is 4. The van der Waals surface area contributed by atoms with Gasteiger partial charge >= 0.3 is 17.7 Å². The maximum Gasteiger partial charge on any atom is 0.380 e. The summed E-state index contributed by atoms with van der Waals surface area (Å²) < 4.78 is 12.2. The number of hydrogen-bond donors (Lipinski definition) is 4. The van der Waals surface area contributed by atoms with Gasteiger partial charge in [-0.25, -0.2) is 9.59 Å². The maximum atomic E-state index is 13.2. The van der Waals surface area contributed by atoms with Crippen LogP contribution in [-0.4, -0.2) is 72.3 Å². The number of amides is 2. The zero-order chi connectivity index (χ0) is 28.8. The lowest BCUT2D eigenvalue weighted by Crippen LogP contribution is -2.71. The lowest BCUT2D eigenvalue weighted by molar-refractivity contribution is -0.669. The molecule has 5 rings (SSSR count). The van der Waals surface area contributed by atoms with E-state index in [-0.39, 0.29) is 29.7 Å². The molecule has 0 radical (unpaired) electrons. The number of carbonyl (C=O) groups excluding carboxylic acids is 2. The number of oxazole rings is 1. The summed E-state index contributed by atoms with van der Waals surface area (Å²) in [6.07, 6.45) is 4.30. The van der Waals surface area contributed by atoms with Gasteiger partial charge in [-0.1, -0.05) is 5.16 Å². The van der Waals surface area contributed by atoms with Crippen LogP contribution in [0.2, 0.25) is 0 Å². The van der Waals surface area contributed by atoms with E-state index in [0.29, 0.717) is 11.3 Å². The fourth-order valence-electron chi connectivity index (χ4n) is 4.13. The number of nitrogens with two attached hydrogens (primary N) is 1. The number of β-lactam (4-membered cyclic amide) rings is 1. The normalized spacial score (nSPS) is 19.3. The van der Waals surface area contributed by atoms with Gasteiger partial charge in [0.25, 0.3) is 17.8 Å². The highest BCUT2D eigenvalue weighted by Gasteiger charge is 2.55. The number of rotatable bonds is 9. The molecule has 16 heteroatoms. The van der Waals surface area contributed by atoms with Crippen LogP contribution in [0.15, 0.2) is 62.2 Å². The summed E-state index contributed by atoms with van der Waals surface area (Å²) in [7, 11) is 0. The molecule has 40 heavy (non-hydrogen) atoms. The molecule has 0 bridgehead atoms. The van der Waals surface area contributed by atoms with E-state index in [0.717, 1.165) is 16.5 Å². The Hall–Kier alpha value is -4.86. The Morgan fingerprint density at radius 1 is 1.32 bits per heavy atom. The quantitative estimate of drug-likeness (QED) is 0.118. The number of oxime groups is 1. The third-order valence-corrected chi connectivity index (χ3v) is 7.57. The second kappa shape index (κ2) is 10.0. The van der Waals surface area contributed by atoms with Crippen molar-refractivity contribution < 1.29 is 47.6 Å². The monoisotopic (exact) mass is 571 g/mol. The molecule has 5 N–H and O–H groups in total. The molecule has 5 heterocycles. The van der Waals surface area contributed by atoms with Crippen molar-refractivity contribution >= 4 is 58.3 Å². The fourth-order valence-corrected chi connectivity index (χ4v) is 5.47. The molecule has 2 aliphatic heterocycles. The van der Waals surface area contributed by atoms with Crippen LogP contribution in [0.25, 0.3) is 11.1 Å². The number of nitrogens with one attached hydrogen (secondary N) is 1. The molecule has 1 unspecified atom stereocenters. The van der Waals surface area contributed by atoms with E-state index < -0.39 is 46.5 Å². The molecule has 0 aliphatic carbocycles. The number of carboxylic acid groups (broad SMARTS) is 2. The summed E-state index contributed by atoms with van der Waals surface area (Å²) in [5.74, 6) is -3.93. The largest absolute Gasteiger partial charge is 0.478 e. The van der Waals surface area contributed by atoms with Crippen molar-refractivity contribution in [2.45, 2.75) is 37.4 Å². The van der Waals surface area contributed by atoms with Crippen molar-refractivity contribution in [2.75, 3.05) is 11.5 Å². The Morgan fingerprint density at radius 2 is 2.10 bits per heavy atom. The van der Waals surface area contributed by atoms with E-state index in [4.69, 9.17) is 19.4 Å². The molecule has 2 atom stereocenters. The third kappa shape index (κ3) is 4.72. The summed E-state index contributed by atoms with van der Waals surface area (Å²) in [6, 6.07) is 4.07. The van der Waals surface area contributed by atoms with Gasteiger partial charge in [0.2, 0.25) is 5.60 Å². The summed E-state index contributed by atoms with van der Waals surface area (Å²) >= 11 is 1.28. The highest BCUT2D eigenvalue weighted by molar-refractivity contribution is 8.00. The van der Waals surface area contributed by atoms with Crippen molar-refractivity contribution in [2.24, 2.45) is 5.16 Å². The minimum atomic E-state index is -1.79. The number of pyridine rings is 1. The van der Waals surface area contributed by atoms with E-state index >= 15 is 0 Å². The third-order valence-electron chi connectivity index (χ3n) is 6.23. The average Bonchev–Trinajstić information content (AvgIpc) is 3.56. The second-order valence-electron chi connectivity index (χ2n) is 9.35. The molecule has 1 saturated heterocycles. The minimum Gasteiger partial charge on any atom is -0.478 e. The molecule has 0 saturated carbocycles. The molecule has 0 aromatic carbocycles. The second-order valence-corrected chi connectivity index (χ2v) is 10.5. The van der Waals surface area contributed by atoms with Crippen LogP contribution in [0.4, 0.5) is 6.01 Å². The van der Waals surface area contributed by atoms with E-state index in [1.54, 1.807) is 22.9 Å². The summed E-state index contributed by atoms with van der Waals surface area (Å²) in [5.41, 5.74) is 3.94. The molecule has 1 fully saturated rings. The molecular weight excluding hydrogens is 548 g/mol. The molecule has 2 aliphatic rings. The fraction of sp³-hybridized carbons (Fsp3) is 0.292. The summed E-state index contributed by atoms with van der Waals surface area (Å²) in [5, 5.41) is 25.6. The first kappa shape index (κ1) is 26.7. The highest BCUT2D eigenvalue weighted by atomic mass is 32.2. The van der Waals surface area contributed by atoms with E-state index in [1.165, 1.54) is 31.9 Å². The molecule has 208 valence electrons. The number of aliphatic carboxylic acids is 2. The number of thioether (sulfide) groups is 1. The van der Waals surface area contributed by atoms with Gasteiger partial charge in [0, 0.05) is 17.4 Å². The Bertz CT molecular complexity index is 1610. The highest BCUT2D eigenvalue weighted by Crippen LogP contribution is 2.40. The topological polar surface area (TPSA) is 215 Å². The van der Waals surface area contributed by atoms with E-state index in [9.17, 15) is 29.4 Å². The van der Waals surface area contributed by atoms with E-state index in [2.05, 4.69) is 15.5 Å². The first-order chi connectivity index (χ1) is 19.0. The smallest absolute Gasteiger partial charge is 0.380 e. The van der Waals surface area contributed by atoms with Gasteiger partial charge in [0.05, 0.1) is 11.6 Å². The van der Waals surface area contributed by atoms with Gasteiger partial charge < -0.3 is 34.9 Å². The Kier molecular flexibility index (Phi) is 6.70. The number of anilines is 1. The van der Waals surface area contributed by atoms with Gasteiger partial charge in [0.15, 0.2) is 18.5 Å². The predicted molar refractivity (Wildman–Crippen MR) is 136 cm³/mol. The lowest BCUT2D eigenvalue weighted by atomic mass is 10.0. The van der Waals surface area contributed by atoms with Crippen molar-refractivity contribution in [3.8, 4) is 0 Å². The summed E-state index contributed by atoms with van der Waals surface area (Å²) in [4.78, 5) is 60.0. The number of hydrogen-bond acceptors (Lipinski definition) is 11. The maximum absolute atomic E-state index is 13.2. The Morgan fingerprint density at radius 3 is 2.77 bits per heavy atom. The zero-order valence-corrected chi connectivity index (χ0v) is 21.9. The molecule has 15 nitrogen and oxygen atoms in total. The minimum absolute atomic E-state index is 0.159. The zero-order valence-electron chi connectivity index (χ0n) is 21.1. The van der Waals surface area contributed by atoms with Crippen LogP contribution in [0, 0.1) is 0 Å². The number of fused-ring (bicyclic) bond motifs is 2. The first-order valence-corrected chi connectivity index (χ1v) is 12.8. The number of nitrogen functional groups attached to an aromatic ring is 1. The Balaban J connectivity index is 1.38. The van der Waals surface area contributed by atoms with Gasteiger partial charge in [0.1, 0.15) is 29.1 Å². The van der Waals surface area contributed by atoms with Crippen molar-refractivity contribution in [1.82, 2.24) is 15.2 Å². The van der Waals surface area contributed by atoms with Crippen LogP contribution in [0.1, 0.15) is 19.5 Å². The van der Waals surface area contributed by atoms with Crippen LogP contribution >= 0.6 is 11.8 Å².